The molecule has 166 valence electrons. The zero-order valence-electron chi connectivity index (χ0n) is 18.8. The number of rotatable bonds is 7. The highest BCUT2D eigenvalue weighted by molar-refractivity contribution is 5.78. The van der Waals surface area contributed by atoms with Gasteiger partial charge in [-0.3, -0.25) is 9.69 Å². The first kappa shape index (κ1) is 21.7. The zero-order chi connectivity index (χ0) is 21.6. The number of piperidine rings is 1. The Bertz CT molecular complexity index is 876. The monoisotopic (exact) mass is 422 g/mol. The van der Waals surface area contributed by atoms with Gasteiger partial charge in [0.1, 0.15) is 0 Å². The molecule has 2 aromatic carbocycles. The normalized spacial score (nSPS) is 17.3. The summed E-state index contributed by atoms with van der Waals surface area (Å²) >= 11 is 0. The summed E-state index contributed by atoms with van der Waals surface area (Å²) in [5.41, 5.74) is 3.84. The van der Waals surface area contributed by atoms with Crippen LogP contribution in [0.2, 0.25) is 0 Å². The molecule has 2 aliphatic heterocycles. The number of benzene rings is 2. The number of aryl methyl sites for hydroxylation is 1. The van der Waals surface area contributed by atoms with Gasteiger partial charge in [-0.15, -0.1) is 0 Å². The predicted octanol–water partition coefficient (Wildman–Crippen LogP) is 3.93. The van der Waals surface area contributed by atoms with Gasteiger partial charge >= 0.3 is 0 Å². The third-order valence-electron chi connectivity index (χ3n) is 6.82. The van der Waals surface area contributed by atoms with Crippen LogP contribution in [0.5, 0.6) is 11.5 Å². The molecule has 0 radical (unpaired) electrons. The molecule has 2 heterocycles. The molecule has 31 heavy (non-hydrogen) atoms. The van der Waals surface area contributed by atoms with Gasteiger partial charge in [-0.25, -0.2) is 0 Å². The summed E-state index contributed by atoms with van der Waals surface area (Å²) in [6.45, 7) is 4.02. The number of hydrogen-bond acceptors (Lipinski definition) is 4. The maximum atomic E-state index is 13.0. The molecule has 0 aromatic heterocycles. The molecule has 0 N–H and O–H groups in total. The van der Waals surface area contributed by atoms with Gasteiger partial charge in [-0.1, -0.05) is 30.3 Å². The van der Waals surface area contributed by atoms with Crippen molar-refractivity contribution in [1.29, 1.82) is 0 Å². The maximum absolute atomic E-state index is 13.0. The van der Waals surface area contributed by atoms with Crippen molar-refractivity contribution in [3.05, 3.63) is 59.2 Å². The topological polar surface area (TPSA) is 42.0 Å². The molecule has 1 amide bonds. The van der Waals surface area contributed by atoms with Crippen LogP contribution < -0.4 is 9.47 Å². The van der Waals surface area contributed by atoms with Crippen molar-refractivity contribution < 1.29 is 14.3 Å². The molecule has 0 spiro atoms. The third kappa shape index (κ3) is 5.40. The Morgan fingerprint density at radius 2 is 1.65 bits per heavy atom. The van der Waals surface area contributed by atoms with E-state index in [0.717, 1.165) is 55.5 Å². The van der Waals surface area contributed by atoms with Crippen molar-refractivity contribution in [2.45, 2.75) is 38.6 Å². The van der Waals surface area contributed by atoms with Crippen molar-refractivity contribution >= 4 is 5.91 Å². The Morgan fingerprint density at radius 3 is 2.32 bits per heavy atom. The Morgan fingerprint density at radius 1 is 0.968 bits per heavy atom. The number of amides is 1. The van der Waals surface area contributed by atoms with Gasteiger partial charge in [0.25, 0.3) is 0 Å². The van der Waals surface area contributed by atoms with Gasteiger partial charge < -0.3 is 14.4 Å². The summed E-state index contributed by atoms with van der Waals surface area (Å²) in [6, 6.07) is 14.8. The van der Waals surface area contributed by atoms with Gasteiger partial charge in [0.05, 0.1) is 20.8 Å². The maximum Gasteiger partial charge on any atom is 0.237 e. The smallest absolute Gasteiger partial charge is 0.237 e. The Labute approximate surface area is 185 Å². The molecule has 0 saturated carbocycles. The highest BCUT2D eigenvalue weighted by Crippen LogP contribution is 2.33. The zero-order valence-corrected chi connectivity index (χ0v) is 18.8. The fraction of sp³-hybridized carbons (Fsp3) is 0.500. The number of hydrogen-bond donors (Lipinski definition) is 0. The first-order chi connectivity index (χ1) is 15.2. The lowest BCUT2D eigenvalue weighted by Crippen LogP contribution is -2.45. The number of carbonyl (C=O) groups excluding carboxylic acids is 1. The molecule has 0 aliphatic carbocycles. The molecular weight excluding hydrogens is 388 g/mol. The number of likely N-dealkylation sites (tertiary alicyclic amines) is 1. The standard InChI is InChI=1S/C26H34N2O3/c1-30-24-16-22-12-15-28(18-23(22)17-25(24)31-2)26(29)19-27-13-10-21(11-14-27)9-8-20-6-4-3-5-7-20/h3-7,16-17,21H,8-15,18-19H2,1-2H3. The summed E-state index contributed by atoms with van der Waals surface area (Å²) in [5, 5.41) is 0. The molecule has 5 nitrogen and oxygen atoms in total. The van der Waals surface area contributed by atoms with Crippen molar-refractivity contribution in [3.8, 4) is 11.5 Å². The molecule has 1 saturated heterocycles. The van der Waals surface area contributed by atoms with Gasteiger partial charge in [-0.2, -0.15) is 0 Å². The Balaban J connectivity index is 1.25. The van der Waals surface area contributed by atoms with Crippen LogP contribution in [0, 0.1) is 5.92 Å². The van der Waals surface area contributed by atoms with E-state index in [-0.39, 0.29) is 5.91 Å². The van der Waals surface area contributed by atoms with E-state index in [4.69, 9.17) is 9.47 Å². The average molecular weight is 423 g/mol. The second kappa shape index (κ2) is 10.2. The molecular formula is C26H34N2O3. The minimum atomic E-state index is 0.239. The van der Waals surface area contributed by atoms with Crippen molar-refractivity contribution in [1.82, 2.24) is 9.80 Å². The molecule has 0 unspecified atom stereocenters. The van der Waals surface area contributed by atoms with E-state index in [1.807, 2.05) is 11.0 Å². The second-order valence-electron chi connectivity index (χ2n) is 8.78. The Kier molecular flexibility index (Phi) is 7.13. The SMILES string of the molecule is COc1cc2c(cc1OC)CN(C(=O)CN1CCC(CCc3ccccc3)CC1)CC2. The van der Waals surface area contributed by atoms with Gasteiger partial charge in [0.2, 0.25) is 5.91 Å². The van der Waals surface area contributed by atoms with E-state index in [0.29, 0.717) is 13.1 Å². The predicted molar refractivity (Wildman–Crippen MR) is 123 cm³/mol. The van der Waals surface area contributed by atoms with E-state index in [2.05, 4.69) is 41.3 Å². The number of nitrogens with zero attached hydrogens (tertiary/aromatic N) is 2. The van der Waals surface area contributed by atoms with E-state index < -0.39 is 0 Å². The van der Waals surface area contributed by atoms with Crippen LogP contribution in [0.25, 0.3) is 0 Å². The molecule has 4 rings (SSSR count). The van der Waals surface area contributed by atoms with E-state index in [1.165, 1.54) is 30.4 Å². The molecule has 5 heteroatoms. The van der Waals surface area contributed by atoms with E-state index >= 15 is 0 Å². The molecule has 2 aliphatic rings. The minimum absolute atomic E-state index is 0.239. The first-order valence-electron chi connectivity index (χ1n) is 11.4. The molecule has 2 aromatic rings. The van der Waals surface area contributed by atoms with Crippen LogP contribution in [0.15, 0.2) is 42.5 Å². The quantitative estimate of drug-likeness (QED) is 0.678. The van der Waals surface area contributed by atoms with Crippen molar-refractivity contribution in [2.75, 3.05) is 40.4 Å². The Hall–Kier alpha value is -2.53. The largest absolute Gasteiger partial charge is 0.493 e. The van der Waals surface area contributed by atoms with Crippen LogP contribution in [0.3, 0.4) is 0 Å². The van der Waals surface area contributed by atoms with Gasteiger partial charge in [0, 0.05) is 13.1 Å². The lowest BCUT2D eigenvalue weighted by atomic mass is 9.90. The molecule has 0 atom stereocenters. The second-order valence-corrected chi connectivity index (χ2v) is 8.78. The summed E-state index contributed by atoms with van der Waals surface area (Å²) in [7, 11) is 3.31. The summed E-state index contributed by atoms with van der Waals surface area (Å²) in [6.07, 6.45) is 5.66. The van der Waals surface area contributed by atoms with E-state index in [1.54, 1.807) is 14.2 Å². The number of fused-ring (bicyclic) bond motifs is 1. The van der Waals surface area contributed by atoms with Gasteiger partial charge in [0.15, 0.2) is 11.5 Å². The van der Waals surface area contributed by atoms with Crippen LogP contribution >= 0.6 is 0 Å². The lowest BCUT2D eigenvalue weighted by Gasteiger charge is -2.35. The number of carbonyl (C=O) groups is 1. The average Bonchev–Trinajstić information content (AvgIpc) is 2.83. The highest BCUT2D eigenvalue weighted by atomic mass is 16.5. The molecule has 0 bridgehead atoms. The summed E-state index contributed by atoms with van der Waals surface area (Å²) < 4.78 is 10.9. The fourth-order valence-corrected chi connectivity index (χ4v) is 4.84. The highest BCUT2D eigenvalue weighted by Gasteiger charge is 2.26. The van der Waals surface area contributed by atoms with Gasteiger partial charge in [-0.05, 0) is 79.9 Å². The third-order valence-corrected chi connectivity index (χ3v) is 6.82. The summed E-state index contributed by atoms with van der Waals surface area (Å²) in [4.78, 5) is 17.3. The fourth-order valence-electron chi connectivity index (χ4n) is 4.84. The van der Waals surface area contributed by atoms with Crippen LogP contribution in [0.4, 0.5) is 0 Å². The first-order valence-corrected chi connectivity index (χ1v) is 11.4. The van der Waals surface area contributed by atoms with Crippen LogP contribution in [0.1, 0.15) is 36.0 Å². The lowest BCUT2D eigenvalue weighted by molar-refractivity contribution is -0.133. The number of ether oxygens (including phenoxy) is 2. The van der Waals surface area contributed by atoms with Crippen LogP contribution in [-0.4, -0.2) is 56.1 Å². The number of methoxy groups -OCH3 is 2. The minimum Gasteiger partial charge on any atom is -0.493 e. The van der Waals surface area contributed by atoms with Crippen molar-refractivity contribution in [2.24, 2.45) is 5.92 Å². The molecule has 1 fully saturated rings. The van der Waals surface area contributed by atoms with E-state index in [9.17, 15) is 4.79 Å². The summed E-state index contributed by atoms with van der Waals surface area (Å²) in [5.74, 6) is 2.50. The van der Waals surface area contributed by atoms with Crippen LogP contribution in [-0.2, 0) is 24.2 Å². The van der Waals surface area contributed by atoms with Crippen molar-refractivity contribution in [3.63, 3.8) is 0 Å².